The van der Waals surface area contributed by atoms with Crippen LogP contribution in [0.15, 0.2) is 59.0 Å². The molecule has 0 bridgehead atoms. The van der Waals surface area contributed by atoms with Gasteiger partial charge < -0.3 is 15.5 Å². The number of nitrogens with zero attached hydrogens (tertiary/aromatic N) is 3. The second-order valence-electron chi connectivity index (χ2n) is 7.53. The van der Waals surface area contributed by atoms with Gasteiger partial charge in [0.05, 0.1) is 23.5 Å². The molecule has 0 atom stereocenters. The van der Waals surface area contributed by atoms with E-state index >= 15 is 0 Å². The highest BCUT2D eigenvalue weighted by Crippen LogP contribution is 2.46. The standard InChI is InChI=1S/C22H27F3N4OS/c1-3-17-19(4-2)31-20-7-6-16(22(23,24)25)14-18(20)29(17)9-5-8-27-10-12-28(13-11-27)15-21(26)30/h3-4,6-7,14H,1-2,5,8-13,15H2,(H2,26,30). The highest BCUT2D eigenvalue weighted by atomic mass is 32.2. The molecule has 0 unspecified atom stereocenters. The van der Waals surface area contributed by atoms with Gasteiger partial charge in [0.25, 0.3) is 0 Å². The van der Waals surface area contributed by atoms with Gasteiger partial charge in [-0.2, -0.15) is 13.2 Å². The Labute approximate surface area is 185 Å². The molecule has 31 heavy (non-hydrogen) atoms. The number of anilines is 1. The van der Waals surface area contributed by atoms with Crippen molar-refractivity contribution in [2.75, 3.05) is 50.7 Å². The number of allylic oxidation sites excluding steroid dienone is 2. The maximum Gasteiger partial charge on any atom is 0.416 e. The van der Waals surface area contributed by atoms with Gasteiger partial charge in [-0.15, -0.1) is 0 Å². The lowest BCUT2D eigenvalue weighted by molar-refractivity contribution is -0.137. The summed E-state index contributed by atoms with van der Waals surface area (Å²) in [5.74, 6) is -0.324. The summed E-state index contributed by atoms with van der Waals surface area (Å²) in [5.41, 5.74) is 5.92. The van der Waals surface area contributed by atoms with Crippen molar-refractivity contribution in [3.8, 4) is 0 Å². The molecule has 0 aliphatic carbocycles. The quantitative estimate of drug-likeness (QED) is 0.652. The van der Waals surface area contributed by atoms with E-state index in [9.17, 15) is 18.0 Å². The number of carbonyl (C=O) groups is 1. The van der Waals surface area contributed by atoms with E-state index in [2.05, 4.69) is 18.1 Å². The maximum atomic E-state index is 13.3. The summed E-state index contributed by atoms with van der Waals surface area (Å²) < 4.78 is 39.9. The van der Waals surface area contributed by atoms with Crippen molar-refractivity contribution < 1.29 is 18.0 Å². The van der Waals surface area contributed by atoms with Gasteiger partial charge in [0.15, 0.2) is 0 Å². The average Bonchev–Trinajstić information content (AvgIpc) is 2.73. The minimum absolute atomic E-state index is 0.273. The summed E-state index contributed by atoms with van der Waals surface area (Å²) in [5, 5.41) is 0. The van der Waals surface area contributed by atoms with Crippen LogP contribution in [0.4, 0.5) is 18.9 Å². The van der Waals surface area contributed by atoms with Crippen LogP contribution in [0, 0.1) is 0 Å². The number of fused-ring (bicyclic) bond motifs is 1. The van der Waals surface area contributed by atoms with Gasteiger partial charge in [0.1, 0.15) is 0 Å². The van der Waals surface area contributed by atoms with E-state index in [1.54, 1.807) is 12.2 Å². The summed E-state index contributed by atoms with van der Waals surface area (Å²) in [6.45, 7) is 12.6. The molecule has 168 valence electrons. The first-order valence-corrected chi connectivity index (χ1v) is 10.9. The van der Waals surface area contributed by atoms with Crippen molar-refractivity contribution in [2.45, 2.75) is 17.5 Å². The summed E-state index contributed by atoms with van der Waals surface area (Å²) >= 11 is 1.41. The second-order valence-corrected chi connectivity index (χ2v) is 8.61. The van der Waals surface area contributed by atoms with E-state index in [-0.39, 0.29) is 12.5 Å². The number of piperazine rings is 1. The highest BCUT2D eigenvalue weighted by Gasteiger charge is 2.33. The molecule has 2 heterocycles. The number of hydrogen-bond acceptors (Lipinski definition) is 5. The van der Waals surface area contributed by atoms with Crippen LogP contribution in [0.1, 0.15) is 12.0 Å². The first kappa shape index (κ1) is 23.4. The number of halogens is 3. The van der Waals surface area contributed by atoms with Crippen LogP contribution in [0.2, 0.25) is 0 Å². The normalized spacial score (nSPS) is 18.1. The van der Waals surface area contributed by atoms with Crippen LogP contribution in [0.3, 0.4) is 0 Å². The third kappa shape index (κ3) is 5.72. The topological polar surface area (TPSA) is 52.8 Å². The number of hydrogen-bond donors (Lipinski definition) is 1. The molecule has 0 radical (unpaired) electrons. The molecule has 2 aliphatic heterocycles. The average molecular weight is 453 g/mol. The molecule has 1 saturated heterocycles. The predicted molar refractivity (Wildman–Crippen MR) is 119 cm³/mol. The van der Waals surface area contributed by atoms with E-state index in [0.717, 1.165) is 60.7 Å². The van der Waals surface area contributed by atoms with Gasteiger partial charge >= 0.3 is 6.18 Å². The molecule has 1 fully saturated rings. The summed E-state index contributed by atoms with van der Waals surface area (Å²) in [6.07, 6.45) is -0.228. The van der Waals surface area contributed by atoms with Crippen molar-refractivity contribution >= 4 is 23.4 Å². The van der Waals surface area contributed by atoms with Crippen LogP contribution in [0.5, 0.6) is 0 Å². The van der Waals surface area contributed by atoms with Crippen LogP contribution >= 0.6 is 11.8 Å². The zero-order chi connectivity index (χ0) is 22.6. The minimum Gasteiger partial charge on any atom is -0.369 e. The van der Waals surface area contributed by atoms with Crippen LogP contribution in [0.25, 0.3) is 0 Å². The summed E-state index contributed by atoms with van der Waals surface area (Å²) in [4.78, 5) is 19.0. The number of thioether (sulfide) groups is 1. The molecule has 2 N–H and O–H groups in total. The fourth-order valence-electron chi connectivity index (χ4n) is 3.87. The lowest BCUT2D eigenvalue weighted by atomic mass is 10.1. The Morgan fingerprint density at radius 2 is 1.77 bits per heavy atom. The number of carbonyl (C=O) groups excluding carboxylic acids is 1. The Hall–Kier alpha value is -2.23. The molecule has 5 nitrogen and oxygen atoms in total. The Morgan fingerprint density at radius 1 is 1.10 bits per heavy atom. The van der Waals surface area contributed by atoms with E-state index in [1.807, 2.05) is 9.80 Å². The van der Waals surface area contributed by atoms with Crippen molar-refractivity contribution in [1.82, 2.24) is 9.80 Å². The second kappa shape index (κ2) is 9.93. The molecule has 3 rings (SSSR count). The third-order valence-corrected chi connectivity index (χ3v) is 6.58. The monoisotopic (exact) mass is 452 g/mol. The van der Waals surface area contributed by atoms with E-state index in [1.165, 1.54) is 23.9 Å². The number of nitrogens with two attached hydrogens (primary N) is 1. The smallest absolute Gasteiger partial charge is 0.369 e. The SMILES string of the molecule is C=CC1=C(C=C)N(CCCN2CCN(CC(N)=O)CC2)c2cc(C(F)(F)F)ccc2S1. The van der Waals surface area contributed by atoms with Crippen LogP contribution < -0.4 is 10.6 Å². The molecule has 0 spiro atoms. The third-order valence-electron chi connectivity index (χ3n) is 5.42. The molecule has 0 saturated carbocycles. The number of alkyl halides is 3. The van der Waals surface area contributed by atoms with Gasteiger partial charge in [-0.05, 0) is 37.2 Å². The van der Waals surface area contributed by atoms with E-state index in [0.29, 0.717) is 12.2 Å². The first-order chi connectivity index (χ1) is 14.7. The minimum atomic E-state index is -4.40. The Bertz CT molecular complexity index is 876. The van der Waals surface area contributed by atoms with Crippen LogP contribution in [-0.2, 0) is 11.0 Å². The Balaban J connectivity index is 1.70. The van der Waals surface area contributed by atoms with Crippen LogP contribution in [-0.4, -0.2) is 61.5 Å². The van der Waals surface area contributed by atoms with E-state index < -0.39 is 11.7 Å². The molecular formula is C22H27F3N4OS. The molecule has 2 aliphatic rings. The van der Waals surface area contributed by atoms with Gasteiger partial charge in [0, 0.05) is 42.5 Å². The largest absolute Gasteiger partial charge is 0.416 e. The lowest BCUT2D eigenvalue weighted by Crippen LogP contribution is -2.49. The molecule has 9 heteroatoms. The molecule has 1 aromatic carbocycles. The molecule has 1 amide bonds. The number of amides is 1. The predicted octanol–water partition coefficient (Wildman–Crippen LogP) is 3.69. The van der Waals surface area contributed by atoms with Gasteiger partial charge in [-0.25, -0.2) is 0 Å². The molecule has 0 aromatic heterocycles. The fourth-order valence-corrected chi connectivity index (χ4v) is 4.89. The van der Waals surface area contributed by atoms with Crippen molar-refractivity contribution in [3.05, 3.63) is 59.7 Å². The number of rotatable bonds is 8. The zero-order valence-corrected chi connectivity index (χ0v) is 18.1. The zero-order valence-electron chi connectivity index (χ0n) is 17.3. The highest BCUT2D eigenvalue weighted by molar-refractivity contribution is 8.03. The lowest BCUT2D eigenvalue weighted by Gasteiger charge is -2.36. The summed E-state index contributed by atoms with van der Waals surface area (Å²) in [7, 11) is 0. The van der Waals surface area contributed by atoms with Gasteiger partial charge in [-0.1, -0.05) is 31.0 Å². The molecule has 1 aromatic rings. The number of primary amides is 1. The van der Waals surface area contributed by atoms with Gasteiger partial charge in [0.2, 0.25) is 5.91 Å². The van der Waals surface area contributed by atoms with E-state index in [4.69, 9.17) is 5.73 Å². The first-order valence-electron chi connectivity index (χ1n) is 10.1. The van der Waals surface area contributed by atoms with Crippen molar-refractivity contribution in [3.63, 3.8) is 0 Å². The fraction of sp³-hybridized carbons (Fsp3) is 0.409. The Morgan fingerprint density at radius 3 is 2.35 bits per heavy atom. The Kier molecular flexibility index (Phi) is 7.51. The molecular weight excluding hydrogens is 425 g/mol. The van der Waals surface area contributed by atoms with Gasteiger partial charge in [-0.3, -0.25) is 9.69 Å². The maximum absolute atomic E-state index is 13.3. The van der Waals surface area contributed by atoms with Crippen molar-refractivity contribution in [1.29, 1.82) is 0 Å². The number of benzene rings is 1. The van der Waals surface area contributed by atoms with Crippen molar-refractivity contribution in [2.24, 2.45) is 5.73 Å². The summed E-state index contributed by atoms with van der Waals surface area (Å²) in [6, 6.07) is 3.86.